The molecule has 2 rings (SSSR count). The Morgan fingerprint density at radius 2 is 1.76 bits per heavy atom. The number of nitrogens with zero attached hydrogens (tertiary/aromatic N) is 1. The van der Waals surface area contributed by atoms with Crippen LogP contribution in [0.25, 0.3) is 0 Å². The molecule has 1 aromatic carbocycles. The number of ketones is 1. The molecule has 1 aromatic heterocycles. The standard InChI is InChI=1S/C23H31NO5/c1-16(2)19-7-9-20(10-8-19)28-15-23(26)29-14-22(25)21-13-17(3)24(18(21)4)11-6-12-27-5/h7-10,13,16H,6,11-12,14-15H2,1-5H3. The van der Waals surface area contributed by atoms with Crippen molar-refractivity contribution >= 4 is 11.8 Å². The molecule has 0 saturated carbocycles. The molecule has 0 N–H and O–H groups in total. The molecule has 0 aliphatic rings. The lowest BCUT2D eigenvalue weighted by Gasteiger charge is -2.10. The molecule has 0 aliphatic heterocycles. The Labute approximate surface area is 172 Å². The second-order valence-electron chi connectivity index (χ2n) is 7.38. The van der Waals surface area contributed by atoms with Crippen molar-refractivity contribution in [1.29, 1.82) is 0 Å². The number of ether oxygens (including phenoxy) is 3. The van der Waals surface area contributed by atoms with Gasteiger partial charge >= 0.3 is 5.97 Å². The summed E-state index contributed by atoms with van der Waals surface area (Å²) >= 11 is 0. The predicted molar refractivity (Wildman–Crippen MR) is 112 cm³/mol. The number of carbonyl (C=O) groups is 2. The molecule has 0 saturated heterocycles. The summed E-state index contributed by atoms with van der Waals surface area (Å²) < 4.78 is 17.7. The number of methoxy groups -OCH3 is 1. The van der Waals surface area contributed by atoms with Gasteiger partial charge < -0.3 is 18.8 Å². The molecule has 0 bridgehead atoms. The summed E-state index contributed by atoms with van der Waals surface area (Å²) in [5, 5.41) is 0. The molecule has 0 fully saturated rings. The lowest BCUT2D eigenvalue weighted by molar-refractivity contribution is -0.144. The summed E-state index contributed by atoms with van der Waals surface area (Å²) in [4.78, 5) is 24.4. The fourth-order valence-corrected chi connectivity index (χ4v) is 3.15. The van der Waals surface area contributed by atoms with Crippen LogP contribution in [0.1, 0.15) is 53.5 Å². The highest BCUT2D eigenvalue weighted by Crippen LogP contribution is 2.19. The van der Waals surface area contributed by atoms with Crippen molar-refractivity contribution in [3.8, 4) is 5.75 Å². The van der Waals surface area contributed by atoms with E-state index in [9.17, 15) is 9.59 Å². The smallest absolute Gasteiger partial charge is 0.344 e. The van der Waals surface area contributed by atoms with Crippen LogP contribution in [0.4, 0.5) is 0 Å². The SMILES string of the molecule is COCCCn1c(C)cc(C(=O)COC(=O)COc2ccc(C(C)C)cc2)c1C. The number of aryl methyl sites for hydroxylation is 1. The Morgan fingerprint density at radius 3 is 2.38 bits per heavy atom. The van der Waals surface area contributed by atoms with Crippen molar-refractivity contribution in [2.75, 3.05) is 26.9 Å². The number of Topliss-reactive ketones (excluding diaryl/α,β-unsaturated/α-hetero) is 1. The minimum atomic E-state index is -0.569. The van der Waals surface area contributed by atoms with Gasteiger partial charge in [0.05, 0.1) is 0 Å². The monoisotopic (exact) mass is 401 g/mol. The zero-order chi connectivity index (χ0) is 21.4. The highest BCUT2D eigenvalue weighted by Gasteiger charge is 2.17. The van der Waals surface area contributed by atoms with E-state index in [1.807, 2.05) is 44.2 Å². The summed E-state index contributed by atoms with van der Waals surface area (Å²) in [5.74, 6) is 0.241. The van der Waals surface area contributed by atoms with E-state index in [1.165, 1.54) is 5.56 Å². The Hall–Kier alpha value is -2.60. The summed E-state index contributed by atoms with van der Waals surface area (Å²) in [5.41, 5.74) is 3.66. The summed E-state index contributed by atoms with van der Waals surface area (Å²) in [6.45, 7) is 9.00. The number of benzene rings is 1. The van der Waals surface area contributed by atoms with Gasteiger partial charge in [0.25, 0.3) is 0 Å². The minimum Gasteiger partial charge on any atom is -0.482 e. The first-order chi connectivity index (χ1) is 13.8. The van der Waals surface area contributed by atoms with Crippen LogP contribution in [0.5, 0.6) is 5.75 Å². The topological polar surface area (TPSA) is 66.8 Å². The molecule has 0 spiro atoms. The van der Waals surface area contributed by atoms with Crippen LogP contribution in [0.15, 0.2) is 30.3 Å². The maximum Gasteiger partial charge on any atom is 0.344 e. The zero-order valence-electron chi connectivity index (χ0n) is 18.0. The largest absolute Gasteiger partial charge is 0.482 e. The average molecular weight is 402 g/mol. The average Bonchev–Trinajstić information content (AvgIpc) is 2.99. The quantitative estimate of drug-likeness (QED) is 0.323. The van der Waals surface area contributed by atoms with Crippen molar-refractivity contribution in [3.05, 3.63) is 52.8 Å². The molecule has 0 atom stereocenters. The van der Waals surface area contributed by atoms with E-state index in [4.69, 9.17) is 14.2 Å². The molecule has 1 heterocycles. The van der Waals surface area contributed by atoms with E-state index in [2.05, 4.69) is 18.4 Å². The molecule has 0 unspecified atom stereocenters. The van der Waals surface area contributed by atoms with E-state index in [0.29, 0.717) is 23.8 Å². The molecule has 0 amide bonds. The van der Waals surface area contributed by atoms with Crippen molar-refractivity contribution in [1.82, 2.24) is 4.57 Å². The van der Waals surface area contributed by atoms with E-state index >= 15 is 0 Å². The van der Waals surface area contributed by atoms with Gasteiger partial charge in [-0.1, -0.05) is 26.0 Å². The number of aromatic nitrogens is 1. The van der Waals surface area contributed by atoms with E-state index in [1.54, 1.807) is 7.11 Å². The lowest BCUT2D eigenvalue weighted by atomic mass is 10.0. The molecule has 6 heteroatoms. The maximum absolute atomic E-state index is 12.5. The minimum absolute atomic E-state index is 0.217. The van der Waals surface area contributed by atoms with Gasteiger partial charge in [0.2, 0.25) is 5.78 Å². The second-order valence-corrected chi connectivity index (χ2v) is 7.38. The molecule has 0 radical (unpaired) electrons. The summed E-state index contributed by atoms with van der Waals surface area (Å²) in [6.07, 6.45) is 0.866. The van der Waals surface area contributed by atoms with Gasteiger partial charge in [-0.25, -0.2) is 4.79 Å². The number of esters is 1. The van der Waals surface area contributed by atoms with Gasteiger partial charge in [-0.2, -0.15) is 0 Å². The first-order valence-electron chi connectivity index (χ1n) is 9.90. The van der Waals surface area contributed by atoms with E-state index < -0.39 is 5.97 Å². The number of rotatable bonds is 11. The third-order valence-electron chi connectivity index (χ3n) is 4.87. The normalized spacial score (nSPS) is 11.0. The van der Waals surface area contributed by atoms with Gasteiger partial charge in [0.1, 0.15) is 5.75 Å². The molecule has 158 valence electrons. The van der Waals surface area contributed by atoms with Crippen molar-refractivity contribution in [2.45, 2.75) is 46.6 Å². The van der Waals surface area contributed by atoms with Crippen LogP contribution in [-0.2, 0) is 20.8 Å². The third kappa shape index (κ3) is 6.46. The van der Waals surface area contributed by atoms with Crippen LogP contribution >= 0.6 is 0 Å². The Morgan fingerprint density at radius 1 is 1.07 bits per heavy atom. The van der Waals surface area contributed by atoms with Gasteiger partial charge in [-0.3, -0.25) is 4.79 Å². The van der Waals surface area contributed by atoms with Crippen LogP contribution in [0, 0.1) is 13.8 Å². The Bertz CT molecular complexity index is 821. The molecular weight excluding hydrogens is 370 g/mol. The Balaban J connectivity index is 1.84. The van der Waals surface area contributed by atoms with Crippen molar-refractivity contribution in [2.24, 2.45) is 0 Å². The van der Waals surface area contributed by atoms with E-state index in [-0.39, 0.29) is 19.0 Å². The first kappa shape index (κ1) is 22.7. The first-order valence-corrected chi connectivity index (χ1v) is 9.90. The van der Waals surface area contributed by atoms with Gasteiger partial charge in [-0.15, -0.1) is 0 Å². The fraction of sp³-hybridized carbons (Fsp3) is 0.478. The van der Waals surface area contributed by atoms with Crippen LogP contribution < -0.4 is 4.74 Å². The van der Waals surface area contributed by atoms with Crippen LogP contribution in [-0.4, -0.2) is 43.3 Å². The second kappa shape index (κ2) is 10.8. The maximum atomic E-state index is 12.5. The number of carbonyl (C=O) groups excluding carboxylic acids is 2. The highest BCUT2D eigenvalue weighted by atomic mass is 16.6. The molecular formula is C23H31NO5. The Kier molecular flexibility index (Phi) is 8.46. The highest BCUT2D eigenvalue weighted by molar-refractivity contribution is 5.99. The summed E-state index contributed by atoms with van der Waals surface area (Å²) in [7, 11) is 1.67. The predicted octanol–water partition coefficient (Wildman–Crippen LogP) is 4.07. The molecule has 29 heavy (non-hydrogen) atoms. The van der Waals surface area contributed by atoms with Gasteiger partial charge in [0.15, 0.2) is 13.2 Å². The fourth-order valence-electron chi connectivity index (χ4n) is 3.15. The lowest BCUT2D eigenvalue weighted by Crippen LogP contribution is -2.20. The number of hydrogen-bond acceptors (Lipinski definition) is 5. The molecule has 0 aliphatic carbocycles. The van der Waals surface area contributed by atoms with Crippen molar-refractivity contribution < 1.29 is 23.8 Å². The zero-order valence-corrected chi connectivity index (χ0v) is 18.0. The molecule has 6 nitrogen and oxygen atoms in total. The summed E-state index contributed by atoms with van der Waals surface area (Å²) in [6, 6.07) is 9.43. The van der Waals surface area contributed by atoms with E-state index in [0.717, 1.165) is 24.4 Å². The van der Waals surface area contributed by atoms with Gasteiger partial charge in [-0.05, 0) is 49.9 Å². The van der Waals surface area contributed by atoms with Gasteiger partial charge in [0, 0.05) is 37.2 Å². The van der Waals surface area contributed by atoms with Crippen molar-refractivity contribution in [3.63, 3.8) is 0 Å². The van der Waals surface area contributed by atoms with Crippen LogP contribution in [0.2, 0.25) is 0 Å². The molecule has 2 aromatic rings. The van der Waals surface area contributed by atoms with Crippen LogP contribution in [0.3, 0.4) is 0 Å². The third-order valence-corrected chi connectivity index (χ3v) is 4.87. The number of hydrogen-bond donors (Lipinski definition) is 0.